The summed E-state index contributed by atoms with van der Waals surface area (Å²) < 4.78 is 0. The third-order valence-corrected chi connectivity index (χ3v) is 4.48. The van der Waals surface area contributed by atoms with E-state index < -0.39 is 5.91 Å². The highest BCUT2D eigenvalue weighted by Crippen LogP contribution is 2.14. The Morgan fingerprint density at radius 2 is 1.73 bits per heavy atom. The number of piperazine rings is 1. The number of carbonyl (C=O) groups excluding carboxylic acids is 2. The fourth-order valence-electron chi connectivity index (χ4n) is 2.76. The number of hydrazine groups is 1. The van der Waals surface area contributed by atoms with Gasteiger partial charge in [0, 0.05) is 32.4 Å². The number of halogens is 1. The molecule has 0 atom stereocenters. The summed E-state index contributed by atoms with van der Waals surface area (Å²) in [4.78, 5) is 32.7. The zero-order valence-corrected chi connectivity index (χ0v) is 14.9. The second-order valence-corrected chi connectivity index (χ2v) is 6.34. The maximum absolute atomic E-state index is 12.1. The van der Waals surface area contributed by atoms with E-state index in [0.717, 1.165) is 32.0 Å². The smallest absolute Gasteiger partial charge is 0.271 e. The van der Waals surface area contributed by atoms with Crippen molar-refractivity contribution in [1.82, 2.24) is 20.7 Å². The molecule has 0 bridgehead atoms. The van der Waals surface area contributed by atoms with Gasteiger partial charge in [0.15, 0.2) is 0 Å². The minimum absolute atomic E-state index is 0.221. The first kappa shape index (κ1) is 18.2. The molecule has 1 aliphatic rings. The lowest BCUT2D eigenvalue weighted by Crippen LogP contribution is -2.52. The van der Waals surface area contributed by atoms with E-state index in [1.54, 1.807) is 30.5 Å². The first-order chi connectivity index (χ1) is 12.6. The van der Waals surface area contributed by atoms with Crippen LogP contribution in [0.25, 0.3) is 0 Å². The Morgan fingerprint density at radius 1 is 1.00 bits per heavy atom. The maximum Gasteiger partial charge on any atom is 0.271 e. The molecule has 2 N–H and O–H groups in total. The van der Waals surface area contributed by atoms with Gasteiger partial charge in [0.1, 0.15) is 5.82 Å². The molecular weight excluding hydrogens is 354 g/mol. The van der Waals surface area contributed by atoms with Crippen LogP contribution in [0.3, 0.4) is 0 Å². The highest BCUT2D eigenvalue weighted by Gasteiger charge is 2.20. The number of rotatable bonds is 4. The number of nitrogens with zero attached hydrogens (tertiary/aromatic N) is 3. The van der Waals surface area contributed by atoms with Crippen LogP contribution in [-0.4, -0.2) is 54.4 Å². The van der Waals surface area contributed by atoms with Gasteiger partial charge in [-0.15, -0.1) is 0 Å². The second-order valence-electron chi connectivity index (χ2n) is 5.93. The zero-order valence-electron chi connectivity index (χ0n) is 14.2. The average Bonchev–Trinajstić information content (AvgIpc) is 2.68. The number of hydrogen-bond donors (Lipinski definition) is 2. The van der Waals surface area contributed by atoms with E-state index in [1.807, 2.05) is 23.1 Å². The molecule has 0 unspecified atom stereocenters. The van der Waals surface area contributed by atoms with E-state index in [4.69, 9.17) is 11.6 Å². The number of benzene rings is 1. The van der Waals surface area contributed by atoms with Crippen LogP contribution in [0.15, 0.2) is 48.7 Å². The van der Waals surface area contributed by atoms with Gasteiger partial charge in [-0.2, -0.15) is 0 Å². The molecule has 2 amide bonds. The van der Waals surface area contributed by atoms with Crippen LogP contribution in [0.1, 0.15) is 10.4 Å². The van der Waals surface area contributed by atoms with Crippen LogP contribution >= 0.6 is 11.6 Å². The summed E-state index contributed by atoms with van der Waals surface area (Å²) >= 11 is 5.96. The lowest BCUT2D eigenvalue weighted by molar-refractivity contribution is -0.123. The van der Waals surface area contributed by atoms with Crippen molar-refractivity contribution in [2.45, 2.75) is 0 Å². The number of pyridine rings is 1. The summed E-state index contributed by atoms with van der Waals surface area (Å²) in [5.74, 6) is 0.240. The van der Waals surface area contributed by atoms with Crippen molar-refractivity contribution in [3.8, 4) is 0 Å². The molecule has 136 valence electrons. The Labute approximate surface area is 156 Å². The number of carbonyl (C=O) groups is 2. The number of amides is 2. The topological polar surface area (TPSA) is 77.6 Å². The molecule has 3 rings (SSSR count). The Balaban J connectivity index is 1.42. The molecule has 2 aromatic rings. The summed E-state index contributed by atoms with van der Waals surface area (Å²) in [6, 6.07) is 12.5. The highest BCUT2D eigenvalue weighted by molar-refractivity contribution is 6.33. The van der Waals surface area contributed by atoms with Crippen molar-refractivity contribution in [3.63, 3.8) is 0 Å². The van der Waals surface area contributed by atoms with E-state index in [0.29, 0.717) is 10.6 Å². The van der Waals surface area contributed by atoms with Crippen LogP contribution in [0, 0.1) is 0 Å². The fraction of sp³-hybridized carbons (Fsp3) is 0.278. The Morgan fingerprint density at radius 3 is 2.42 bits per heavy atom. The highest BCUT2D eigenvalue weighted by atomic mass is 35.5. The molecule has 0 saturated carbocycles. The van der Waals surface area contributed by atoms with E-state index in [-0.39, 0.29) is 12.5 Å². The average molecular weight is 374 g/mol. The third kappa shape index (κ3) is 4.71. The molecule has 0 aliphatic carbocycles. The predicted octanol–water partition coefficient (Wildman–Crippen LogP) is 1.32. The van der Waals surface area contributed by atoms with Gasteiger partial charge in [-0.3, -0.25) is 25.3 Å². The molecule has 2 heterocycles. The molecule has 8 heteroatoms. The van der Waals surface area contributed by atoms with E-state index in [2.05, 4.69) is 20.7 Å². The lowest BCUT2D eigenvalue weighted by atomic mass is 10.2. The van der Waals surface area contributed by atoms with Crippen LogP contribution in [0.5, 0.6) is 0 Å². The lowest BCUT2D eigenvalue weighted by Gasteiger charge is -2.34. The summed E-state index contributed by atoms with van der Waals surface area (Å²) in [5, 5.41) is 0.338. The summed E-state index contributed by atoms with van der Waals surface area (Å²) in [6.07, 6.45) is 1.77. The van der Waals surface area contributed by atoms with Crippen molar-refractivity contribution in [2.24, 2.45) is 0 Å². The minimum Gasteiger partial charge on any atom is -0.354 e. The molecule has 26 heavy (non-hydrogen) atoms. The van der Waals surface area contributed by atoms with E-state index in [9.17, 15) is 9.59 Å². The Hall–Kier alpha value is -2.64. The zero-order chi connectivity index (χ0) is 18.4. The third-order valence-electron chi connectivity index (χ3n) is 4.15. The second kappa shape index (κ2) is 8.64. The quantitative estimate of drug-likeness (QED) is 0.790. The normalized spacial score (nSPS) is 14.7. The van der Waals surface area contributed by atoms with Crippen molar-refractivity contribution >= 4 is 29.2 Å². The summed E-state index contributed by atoms with van der Waals surface area (Å²) in [5.41, 5.74) is 5.15. The van der Waals surface area contributed by atoms with Gasteiger partial charge in [-0.1, -0.05) is 29.8 Å². The van der Waals surface area contributed by atoms with Gasteiger partial charge >= 0.3 is 0 Å². The van der Waals surface area contributed by atoms with Crippen molar-refractivity contribution in [1.29, 1.82) is 0 Å². The van der Waals surface area contributed by atoms with Crippen molar-refractivity contribution in [3.05, 3.63) is 59.2 Å². The molecule has 1 aromatic carbocycles. The van der Waals surface area contributed by atoms with Crippen LogP contribution in [0.4, 0.5) is 5.82 Å². The van der Waals surface area contributed by atoms with Gasteiger partial charge in [0.2, 0.25) is 0 Å². The van der Waals surface area contributed by atoms with Gasteiger partial charge in [0.25, 0.3) is 11.8 Å². The Kier molecular flexibility index (Phi) is 6.04. The van der Waals surface area contributed by atoms with Crippen LogP contribution < -0.4 is 15.8 Å². The van der Waals surface area contributed by atoms with Crippen LogP contribution in [0.2, 0.25) is 5.02 Å². The number of nitrogens with one attached hydrogen (secondary N) is 2. The maximum atomic E-state index is 12.1. The van der Waals surface area contributed by atoms with Crippen molar-refractivity contribution < 1.29 is 9.59 Å². The van der Waals surface area contributed by atoms with Crippen molar-refractivity contribution in [2.75, 3.05) is 37.6 Å². The summed E-state index contributed by atoms with van der Waals surface area (Å²) in [7, 11) is 0. The molecule has 1 saturated heterocycles. The standard InChI is InChI=1S/C18H20ClN5O2/c19-15-6-2-1-5-14(15)18(26)22-21-17(25)13-23-9-11-24(12-10-23)16-7-3-4-8-20-16/h1-8H,9-13H2,(H,21,25)(H,22,26). The molecule has 1 aromatic heterocycles. The largest absolute Gasteiger partial charge is 0.354 e. The predicted molar refractivity (Wildman–Crippen MR) is 100.0 cm³/mol. The minimum atomic E-state index is -0.441. The fourth-order valence-corrected chi connectivity index (χ4v) is 2.98. The summed E-state index contributed by atoms with van der Waals surface area (Å²) in [6.45, 7) is 3.33. The van der Waals surface area contributed by atoms with Gasteiger partial charge < -0.3 is 4.90 Å². The molecular formula is C18H20ClN5O2. The first-order valence-electron chi connectivity index (χ1n) is 8.35. The van der Waals surface area contributed by atoms with E-state index >= 15 is 0 Å². The Bertz CT molecular complexity index is 763. The van der Waals surface area contributed by atoms with Crippen LogP contribution in [-0.2, 0) is 4.79 Å². The number of anilines is 1. The molecule has 1 fully saturated rings. The van der Waals surface area contributed by atoms with Gasteiger partial charge in [-0.25, -0.2) is 4.98 Å². The molecule has 7 nitrogen and oxygen atoms in total. The number of hydrogen-bond acceptors (Lipinski definition) is 5. The molecule has 0 radical (unpaired) electrons. The monoisotopic (exact) mass is 373 g/mol. The first-order valence-corrected chi connectivity index (χ1v) is 8.73. The molecule has 1 aliphatic heterocycles. The SMILES string of the molecule is O=C(CN1CCN(c2ccccn2)CC1)NNC(=O)c1ccccc1Cl. The molecule has 0 spiro atoms. The van der Waals surface area contributed by atoms with Gasteiger partial charge in [-0.05, 0) is 24.3 Å². The van der Waals surface area contributed by atoms with E-state index in [1.165, 1.54) is 0 Å². The van der Waals surface area contributed by atoms with Gasteiger partial charge in [0.05, 0.1) is 17.1 Å². The number of aromatic nitrogens is 1.